The summed E-state index contributed by atoms with van der Waals surface area (Å²) in [6, 6.07) is 15.5. The summed E-state index contributed by atoms with van der Waals surface area (Å²) in [5.74, 6) is 0.309. The van der Waals surface area contributed by atoms with E-state index in [1.165, 1.54) is 10.9 Å². The van der Waals surface area contributed by atoms with E-state index in [0.29, 0.717) is 5.75 Å². The Bertz CT molecular complexity index is 656. The fourth-order valence-electron chi connectivity index (χ4n) is 2.10. The molecule has 0 radical (unpaired) electrons. The molecule has 1 heterocycles. The first-order chi connectivity index (χ1) is 8.83. The van der Waals surface area contributed by atoms with Gasteiger partial charge in [0.15, 0.2) is 0 Å². The van der Waals surface area contributed by atoms with Crippen molar-refractivity contribution in [2.75, 3.05) is 0 Å². The molecule has 18 heavy (non-hydrogen) atoms. The first-order valence-electron chi connectivity index (χ1n) is 6.01. The highest BCUT2D eigenvalue weighted by Crippen LogP contribution is 2.14. The van der Waals surface area contributed by atoms with Crippen molar-refractivity contribution in [1.29, 1.82) is 0 Å². The Kier molecular flexibility index (Phi) is 2.73. The lowest BCUT2D eigenvalue weighted by atomic mass is 10.1. The van der Waals surface area contributed by atoms with Gasteiger partial charge in [-0.05, 0) is 30.2 Å². The Morgan fingerprint density at radius 2 is 1.78 bits per heavy atom. The van der Waals surface area contributed by atoms with Gasteiger partial charge in [-0.2, -0.15) is 5.10 Å². The van der Waals surface area contributed by atoms with Gasteiger partial charge >= 0.3 is 0 Å². The van der Waals surface area contributed by atoms with Gasteiger partial charge in [-0.25, -0.2) is 0 Å². The lowest BCUT2D eigenvalue weighted by Crippen LogP contribution is -2.02. The van der Waals surface area contributed by atoms with Crippen LogP contribution in [0.5, 0.6) is 5.75 Å². The monoisotopic (exact) mass is 238 g/mol. The van der Waals surface area contributed by atoms with Crippen LogP contribution < -0.4 is 0 Å². The summed E-state index contributed by atoms with van der Waals surface area (Å²) >= 11 is 0. The van der Waals surface area contributed by atoms with E-state index in [0.717, 1.165) is 18.5 Å². The van der Waals surface area contributed by atoms with Crippen molar-refractivity contribution in [3.05, 3.63) is 60.3 Å². The Hall–Kier alpha value is -2.29. The molecule has 90 valence electrons. The van der Waals surface area contributed by atoms with Gasteiger partial charge in [0.05, 0.1) is 11.7 Å². The standard InChI is InChI=1S/C15H14N2O/c18-14-7-5-12(6-8-14)9-10-17-15-4-2-1-3-13(15)11-16-17/h1-8,11,18H,9-10H2. The molecule has 2 aromatic carbocycles. The number of nitrogens with zero attached hydrogens (tertiary/aromatic N) is 2. The number of hydrogen-bond acceptors (Lipinski definition) is 2. The first kappa shape index (κ1) is 10.8. The fraction of sp³-hybridized carbons (Fsp3) is 0.133. The summed E-state index contributed by atoms with van der Waals surface area (Å²) in [5.41, 5.74) is 2.36. The van der Waals surface area contributed by atoms with Crippen LogP contribution in [-0.4, -0.2) is 14.9 Å². The predicted octanol–water partition coefficient (Wildman–Crippen LogP) is 2.98. The van der Waals surface area contributed by atoms with Crippen LogP contribution >= 0.6 is 0 Å². The van der Waals surface area contributed by atoms with E-state index in [9.17, 15) is 5.11 Å². The SMILES string of the molecule is Oc1ccc(CCn2ncc3ccccc32)cc1. The zero-order chi connectivity index (χ0) is 12.4. The molecule has 0 bridgehead atoms. The number of aryl methyl sites for hydroxylation is 2. The van der Waals surface area contributed by atoms with Crippen LogP contribution in [0.2, 0.25) is 0 Å². The van der Waals surface area contributed by atoms with E-state index in [1.807, 2.05) is 35.1 Å². The fourth-order valence-corrected chi connectivity index (χ4v) is 2.10. The minimum absolute atomic E-state index is 0.309. The maximum absolute atomic E-state index is 9.23. The third-order valence-corrected chi connectivity index (χ3v) is 3.10. The molecule has 3 aromatic rings. The number of aromatic nitrogens is 2. The van der Waals surface area contributed by atoms with Crippen molar-refractivity contribution in [3.63, 3.8) is 0 Å². The molecule has 0 amide bonds. The van der Waals surface area contributed by atoms with Gasteiger partial charge in [0.25, 0.3) is 0 Å². The molecule has 3 rings (SSSR count). The maximum Gasteiger partial charge on any atom is 0.115 e. The highest BCUT2D eigenvalue weighted by Gasteiger charge is 2.01. The molecule has 0 aliphatic carbocycles. The van der Waals surface area contributed by atoms with E-state index in [1.54, 1.807) is 12.1 Å². The molecule has 3 heteroatoms. The molecule has 0 fully saturated rings. The Morgan fingerprint density at radius 3 is 2.61 bits per heavy atom. The van der Waals surface area contributed by atoms with Crippen LogP contribution in [0.15, 0.2) is 54.7 Å². The second kappa shape index (κ2) is 4.53. The molecule has 1 N–H and O–H groups in total. The zero-order valence-corrected chi connectivity index (χ0v) is 9.95. The molecule has 0 saturated carbocycles. The van der Waals surface area contributed by atoms with Gasteiger partial charge in [0, 0.05) is 11.9 Å². The molecule has 0 aliphatic rings. The highest BCUT2D eigenvalue weighted by molar-refractivity contribution is 5.78. The van der Waals surface area contributed by atoms with Gasteiger partial charge in [0.2, 0.25) is 0 Å². The number of rotatable bonds is 3. The van der Waals surface area contributed by atoms with Crippen molar-refractivity contribution in [3.8, 4) is 5.75 Å². The second-order valence-corrected chi connectivity index (χ2v) is 4.34. The van der Waals surface area contributed by atoms with Crippen molar-refractivity contribution >= 4 is 10.9 Å². The molecule has 0 atom stereocenters. The predicted molar refractivity (Wildman–Crippen MR) is 71.5 cm³/mol. The van der Waals surface area contributed by atoms with Crippen LogP contribution in [0.4, 0.5) is 0 Å². The van der Waals surface area contributed by atoms with Crippen molar-refractivity contribution in [2.24, 2.45) is 0 Å². The molecule has 0 saturated heterocycles. The molecule has 3 nitrogen and oxygen atoms in total. The number of benzene rings is 2. The lowest BCUT2D eigenvalue weighted by molar-refractivity contribution is 0.475. The van der Waals surface area contributed by atoms with Crippen LogP contribution in [0.1, 0.15) is 5.56 Å². The molecule has 0 aliphatic heterocycles. The maximum atomic E-state index is 9.23. The van der Waals surface area contributed by atoms with Gasteiger partial charge in [-0.1, -0.05) is 30.3 Å². The Labute approximate surface area is 105 Å². The number of phenols is 1. The van der Waals surface area contributed by atoms with E-state index in [-0.39, 0.29) is 0 Å². The van der Waals surface area contributed by atoms with Gasteiger partial charge in [-0.15, -0.1) is 0 Å². The molecule has 1 aromatic heterocycles. The van der Waals surface area contributed by atoms with Crippen LogP contribution in [0.25, 0.3) is 10.9 Å². The molecular weight excluding hydrogens is 224 g/mol. The molecule has 0 unspecified atom stereocenters. The summed E-state index contributed by atoms with van der Waals surface area (Å²) in [6.45, 7) is 0.846. The zero-order valence-electron chi connectivity index (χ0n) is 9.95. The van der Waals surface area contributed by atoms with E-state index < -0.39 is 0 Å². The van der Waals surface area contributed by atoms with Crippen molar-refractivity contribution in [1.82, 2.24) is 9.78 Å². The summed E-state index contributed by atoms with van der Waals surface area (Å²) in [4.78, 5) is 0. The largest absolute Gasteiger partial charge is 0.508 e. The summed E-state index contributed by atoms with van der Waals surface area (Å²) < 4.78 is 2.02. The summed E-state index contributed by atoms with van der Waals surface area (Å²) in [6.07, 6.45) is 2.80. The molecular formula is C15H14N2O. The average Bonchev–Trinajstić information content (AvgIpc) is 2.82. The number of para-hydroxylation sites is 1. The minimum atomic E-state index is 0.309. The third kappa shape index (κ3) is 2.07. The summed E-state index contributed by atoms with van der Waals surface area (Å²) in [7, 11) is 0. The molecule has 0 spiro atoms. The van der Waals surface area contributed by atoms with Gasteiger partial charge < -0.3 is 5.11 Å². The Balaban J connectivity index is 1.79. The summed E-state index contributed by atoms with van der Waals surface area (Å²) in [5, 5.41) is 14.8. The van der Waals surface area contributed by atoms with Gasteiger partial charge in [-0.3, -0.25) is 4.68 Å². The smallest absolute Gasteiger partial charge is 0.115 e. The van der Waals surface area contributed by atoms with Gasteiger partial charge in [0.1, 0.15) is 5.75 Å². The van der Waals surface area contributed by atoms with E-state index in [2.05, 4.69) is 17.2 Å². The van der Waals surface area contributed by atoms with E-state index in [4.69, 9.17) is 0 Å². The Morgan fingerprint density at radius 1 is 1.00 bits per heavy atom. The number of hydrogen-bond donors (Lipinski definition) is 1. The average molecular weight is 238 g/mol. The van der Waals surface area contributed by atoms with Crippen molar-refractivity contribution < 1.29 is 5.11 Å². The van der Waals surface area contributed by atoms with Crippen LogP contribution in [0.3, 0.4) is 0 Å². The number of aromatic hydroxyl groups is 1. The highest BCUT2D eigenvalue weighted by atomic mass is 16.3. The quantitative estimate of drug-likeness (QED) is 0.761. The minimum Gasteiger partial charge on any atom is -0.508 e. The lowest BCUT2D eigenvalue weighted by Gasteiger charge is -2.04. The second-order valence-electron chi connectivity index (χ2n) is 4.34. The van der Waals surface area contributed by atoms with E-state index >= 15 is 0 Å². The van der Waals surface area contributed by atoms with Crippen LogP contribution in [0, 0.1) is 0 Å². The van der Waals surface area contributed by atoms with Crippen molar-refractivity contribution in [2.45, 2.75) is 13.0 Å². The third-order valence-electron chi connectivity index (χ3n) is 3.10. The number of phenolic OH excluding ortho intramolecular Hbond substituents is 1. The number of fused-ring (bicyclic) bond motifs is 1. The normalized spacial score (nSPS) is 10.9. The topological polar surface area (TPSA) is 38.0 Å². The first-order valence-corrected chi connectivity index (χ1v) is 6.01. The van der Waals surface area contributed by atoms with Crippen LogP contribution in [-0.2, 0) is 13.0 Å².